The highest BCUT2D eigenvalue weighted by molar-refractivity contribution is 5.66. The molecule has 0 saturated carbocycles. The van der Waals surface area contributed by atoms with Crippen LogP contribution in [0.15, 0.2) is 12.1 Å². The van der Waals surface area contributed by atoms with Crippen LogP contribution in [0.1, 0.15) is 29.5 Å². The lowest BCUT2D eigenvalue weighted by Crippen LogP contribution is -1.98. The minimum absolute atomic E-state index is 0.215. The number of aliphatic carboxylic acids is 1. The number of rotatable bonds is 4. The average Bonchev–Trinajstić information content (AvgIpc) is 2.13. The summed E-state index contributed by atoms with van der Waals surface area (Å²) in [7, 11) is 0. The molecule has 82 valence electrons. The quantitative estimate of drug-likeness (QED) is 0.744. The van der Waals surface area contributed by atoms with Gasteiger partial charge in [0.05, 0.1) is 0 Å². The molecule has 0 aliphatic rings. The summed E-state index contributed by atoms with van der Waals surface area (Å²) in [6.45, 7) is 4.01. The van der Waals surface area contributed by atoms with Crippen molar-refractivity contribution in [2.45, 2.75) is 33.1 Å². The Hall–Kier alpha value is -1.51. The van der Waals surface area contributed by atoms with E-state index in [4.69, 9.17) is 10.8 Å². The lowest BCUT2D eigenvalue weighted by atomic mass is 10.0. The number of aryl methyl sites for hydroxylation is 2. The molecule has 1 rings (SSSR count). The number of hydrogen-bond donors (Lipinski definition) is 2. The number of carbonyl (C=O) groups is 1. The molecule has 0 unspecified atom stereocenters. The lowest BCUT2D eigenvalue weighted by molar-refractivity contribution is -0.137. The summed E-state index contributed by atoms with van der Waals surface area (Å²) < 4.78 is 0. The molecule has 0 saturated heterocycles. The molecule has 0 aromatic heterocycles. The molecule has 15 heavy (non-hydrogen) atoms. The second-order valence-corrected chi connectivity index (χ2v) is 3.87. The smallest absolute Gasteiger partial charge is 0.303 e. The molecule has 1 aromatic carbocycles. The van der Waals surface area contributed by atoms with Crippen molar-refractivity contribution in [2.75, 3.05) is 5.73 Å². The molecule has 1 aromatic rings. The molecule has 0 bridgehead atoms. The van der Waals surface area contributed by atoms with Crippen molar-refractivity contribution < 1.29 is 9.90 Å². The zero-order valence-electron chi connectivity index (χ0n) is 9.21. The summed E-state index contributed by atoms with van der Waals surface area (Å²) >= 11 is 0. The first-order valence-electron chi connectivity index (χ1n) is 5.08. The highest BCUT2D eigenvalue weighted by atomic mass is 16.4. The number of nitrogens with two attached hydrogens (primary N) is 1. The van der Waals surface area contributed by atoms with Crippen LogP contribution in [0, 0.1) is 13.8 Å². The van der Waals surface area contributed by atoms with Crippen LogP contribution in [0.4, 0.5) is 5.69 Å². The Balaban J connectivity index is 2.66. The number of carboxylic acids is 1. The maximum absolute atomic E-state index is 10.4. The summed E-state index contributed by atoms with van der Waals surface area (Å²) in [5.41, 5.74) is 10.0. The van der Waals surface area contributed by atoms with E-state index in [0.29, 0.717) is 6.42 Å². The van der Waals surface area contributed by atoms with Crippen molar-refractivity contribution in [3.8, 4) is 0 Å². The summed E-state index contributed by atoms with van der Waals surface area (Å²) in [4.78, 5) is 10.4. The molecule has 3 nitrogen and oxygen atoms in total. The van der Waals surface area contributed by atoms with E-state index in [1.807, 2.05) is 19.9 Å². The van der Waals surface area contributed by atoms with Gasteiger partial charge in [-0.3, -0.25) is 4.79 Å². The van der Waals surface area contributed by atoms with Crippen molar-refractivity contribution in [1.29, 1.82) is 0 Å². The maximum Gasteiger partial charge on any atom is 0.303 e. The Bertz CT molecular complexity index is 349. The number of hydrogen-bond acceptors (Lipinski definition) is 2. The number of benzene rings is 1. The third-order valence-corrected chi connectivity index (χ3v) is 2.62. The second-order valence-electron chi connectivity index (χ2n) is 3.87. The molecule has 0 atom stereocenters. The monoisotopic (exact) mass is 207 g/mol. The summed E-state index contributed by atoms with van der Waals surface area (Å²) in [5.74, 6) is -0.744. The number of carboxylic acid groups (broad SMARTS) is 1. The van der Waals surface area contributed by atoms with Gasteiger partial charge in [-0.2, -0.15) is 0 Å². The molecule has 3 N–H and O–H groups in total. The van der Waals surface area contributed by atoms with E-state index in [1.165, 1.54) is 5.56 Å². The zero-order chi connectivity index (χ0) is 11.4. The van der Waals surface area contributed by atoms with Crippen LogP contribution >= 0.6 is 0 Å². The van der Waals surface area contributed by atoms with Gasteiger partial charge in [0.25, 0.3) is 0 Å². The van der Waals surface area contributed by atoms with Crippen LogP contribution in [-0.4, -0.2) is 11.1 Å². The lowest BCUT2D eigenvalue weighted by Gasteiger charge is -2.08. The van der Waals surface area contributed by atoms with E-state index in [2.05, 4.69) is 6.07 Å². The summed E-state index contributed by atoms with van der Waals surface area (Å²) in [6, 6.07) is 4.01. The van der Waals surface area contributed by atoms with Gasteiger partial charge in [-0.15, -0.1) is 0 Å². The fourth-order valence-corrected chi connectivity index (χ4v) is 1.55. The molecular formula is C12H17NO2. The fourth-order valence-electron chi connectivity index (χ4n) is 1.55. The second kappa shape index (κ2) is 4.82. The molecule has 0 fully saturated rings. The van der Waals surface area contributed by atoms with Gasteiger partial charge >= 0.3 is 5.97 Å². The van der Waals surface area contributed by atoms with Gasteiger partial charge in [-0.1, -0.05) is 6.07 Å². The van der Waals surface area contributed by atoms with Crippen molar-refractivity contribution >= 4 is 11.7 Å². The van der Waals surface area contributed by atoms with Crippen LogP contribution in [0.25, 0.3) is 0 Å². The van der Waals surface area contributed by atoms with Crippen molar-refractivity contribution in [1.82, 2.24) is 0 Å². The first-order chi connectivity index (χ1) is 7.00. The van der Waals surface area contributed by atoms with E-state index in [1.54, 1.807) is 0 Å². The molecular weight excluding hydrogens is 190 g/mol. The average molecular weight is 207 g/mol. The standard InChI is InChI=1S/C12H17NO2/c1-8-6-10(4-3-5-12(14)15)7-11(13)9(8)2/h6-7H,3-5,13H2,1-2H3,(H,14,15). The normalized spacial score (nSPS) is 10.3. The first kappa shape index (κ1) is 11.6. The van der Waals surface area contributed by atoms with Gasteiger partial charge < -0.3 is 10.8 Å². The molecule has 0 aliphatic heterocycles. The highest BCUT2D eigenvalue weighted by Gasteiger charge is 2.03. The minimum atomic E-state index is -0.744. The van der Waals surface area contributed by atoms with Crippen LogP contribution in [-0.2, 0) is 11.2 Å². The van der Waals surface area contributed by atoms with Crippen LogP contribution in [0.5, 0.6) is 0 Å². The van der Waals surface area contributed by atoms with Gasteiger partial charge in [0.15, 0.2) is 0 Å². The largest absolute Gasteiger partial charge is 0.481 e. The van der Waals surface area contributed by atoms with E-state index in [0.717, 1.165) is 23.2 Å². The van der Waals surface area contributed by atoms with Crippen molar-refractivity contribution in [3.05, 3.63) is 28.8 Å². The topological polar surface area (TPSA) is 63.3 Å². The van der Waals surface area contributed by atoms with E-state index < -0.39 is 5.97 Å². The zero-order valence-corrected chi connectivity index (χ0v) is 9.21. The molecule has 0 spiro atoms. The van der Waals surface area contributed by atoms with Gasteiger partial charge in [0.2, 0.25) is 0 Å². The molecule has 0 heterocycles. The van der Waals surface area contributed by atoms with E-state index in [-0.39, 0.29) is 6.42 Å². The van der Waals surface area contributed by atoms with Crippen LogP contribution in [0.2, 0.25) is 0 Å². The SMILES string of the molecule is Cc1cc(CCCC(=O)O)cc(N)c1C. The summed E-state index contributed by atoms with van der Waals surface area (Å²) in [6.07, 6.45) is 1.65. The Labute approximate surface area is 89.9 Å². The van der Waals surface area contributed by atoms with Gasteiger partial charge in [0, 0.05) is 12.1 Å². The first-order valence-corrected chi connectivity index (χ1v) is 5.08. The van der Waals surface area contributed by atoms with Crippen molar-refractivity contribution in [2.24, 2.45) is 0 Å². The van der Waals surface area contributed by atoms with Crippen LogP contribution < -0.4 is 5.73 Å². The molecule has 3 heteroatoms. The minimum Gasteiger partial charge on any atom is -0.481 e. The van der Waals surface area contributed by atoms with Gasteiger partial charge in [-0.25, -0.2) is 0 Å². The Kier molecular flexibility index (Phi) is 3.72. The third-order valence-electron chi connectivity index (χ3n) is 2.62. The predicted molar refractivity (Wildman–Crippen MR) is 60.9 cm³/mol. The summed E-state index contributed by atoms with van der Waals surface area (Å²) in [5, 5.41) is 8.52. The van der Waals surface area contributed by atoms with Crippen LogP contribution in [0.3, 0.4) is 0 Å². The Morgan fingerprint density at radius 1 is 1.40 bits per heavy atom. The highest BCUT2D eigenvalue weighted by Crippen LogP contribution is 2.19. The number of anilines is 1. The fraction of sp³-hybridized carbons (Fsp3) is 0.417. The van der Waals surface area contributed by atoms with Crippen molar-refractivity contribution in [3.63, 3.8) is 0 Å². The van der Waals surface area contributed by atoms with E-state index >= 15 is 0 Å². The van der Waals surface area contributed by atoms with Gasteiger partial charge in [-0.05, 0) is 49.4 Å². The number of nitrogen functional groups attached to an aromatic ring is 1. The van der Waals surface area contributed by atoms with Gasteiger partial charge in [0.1, 0.15) is 0 Å². The Morgan fingerprint density at radius 2 is 2.07 bits per heavy atom. The predicted octanol–water partition coefficient (Wildman–Crippen LogP) is 2.29. The molecule has 0 aliphatic carbocycles. The van der Waals surface area contributed by atoms with E-state index in [9.17, 15) is 4.79 Å². The molecule has 0 amide bonds. The third kappa shape index (κ3) is 3.27. The maximum atomic E-state index is 10.4. The molecule has 0 radical (unpaired) electrons. The Morgan fingerprint density at radius 3 is 2.60 bits per heavy atom.